The summed E-state index contributed by atoms with van der Waals surface area (Å²) in [7, 11) is 1.65. The average Bonchev–Trinajstić information content (AvgIpc) is 3.32. The van der Waals surface area contributed by atoms with Gasteiger partial charge in [-0.05, 0) is 50.3 Å². The molecule has 8 heteroatoms. The molecular weight excluding hydrogens is 418 g/mol. The SMILES string of the molecule is COCCCn1c(S[C@@H](C)C(=O)Nc2ccccc2)nc2sc3c(c2c1=O)CCC3. The van der Waals surface area contributed by atoms with E-state index in [0.29, 0.717) is 24.7 Å². The first-order chi connectivity index (χ1) is 14.6. The lowest BCUT2D eigenvalue weighted by atomic mass is 10.2. The molecule has 2 aromatic heterocycles. The lowest BCUT2D eigenvalue weighted by molar-refractivity contribution is -0.115. The Morgan fingerprint density at radius 1 is 1.33 bits per heavy atom. The van der Waals surface area contributed by atoms with E-state index in [1.807, 2.05) is 37.3 Å². The maximum absolute atomic E-state index is 13.4. The van der Waals surface area contributed by atoms with Gasteiger partial charge in [0.15, 0.2) is 5.16 Å². The fraction of sp³-hybridized carbons (Fsp3) is 0.409. The highest BCUT2D eigenvalue weighted by Crippen LogP contribution is 2.36. The number of benzene rings is 1. The minimum atomic E-state index is -0.393. The Morgan fingerprint density at radius 2 is 2.13 bits per heavy atom. The molecule has 1 aliphatic rings. The van der Waals surface area contributed by atoms with Gasteiger partial charge >= 0.3 is 0 Å². The minimum Gasteiger partial charge on any atom is -0.385 e. The number of hydrogen-bond acceptors (Lipinski definition) is 6. The normalized spacial score (nSPS) is 14.1. The first kappa shape index (κ1) is 21.1. The Labute approximate surface area is 183 Å². The molecule has 1 aromatic carbocycles. The van der Waals surface area contributed by atoms with Crippen LogP contribution in [0.5, 0.6) is 0 Å². The van der Waals surface area contributed by atoms with Crippen LogP contribution in [0, 0.1) is 0 Å². The van der Waals surface area contributed by atoms with Crippen molar-refractivity contribution in [1.29, 1.82) is 0 Å². The third-order valence-corrected chi connectivity index (χ3v) is 7.49. The molecule has 0 saturated heterocycles. The van der Waals surface area contributed by atoms with Gasteiger partial charge in [-0.25, -0.2) is 4.98 Å². The number of thiophene rings is 1. The number of anilines is 1. The summed E-state index contributed by atoms with van der Waals surface area (Å²) in [6.07, 6.45) is 3.80. The van der Waals surface area contributed by atoms with Crippen LogP contribution in [0.4, 0.5) is 5.69 Å². The monoisotopic (exact) mass is 443 g/mol. The number of aryl methyl sites for hydroxylation is 2. The Morgan fingerprint density at radius 3 is 2.90 bits per heavy atom. The standard InChI is InChI=1S/C22H25N3O3S2/c1-14(19(26)23-15-8-4-3-5-9-15)29-22-24-20-18(16-10-6-11-17(16)30-20)21(27)25(22)12-7-13-28-2/h3-5,8-9,14H,6-7,10-13H2,1-2H3,(H,23,26)/t14-/m0/s1. The fourth-order valence-corrected chi connectivity index (χ4v) is 5.93. The van der Waals surface area contributed by atoms with Gasteiger partial charge in [0.25, 0.3) is 5.56 Å². The summed E-state index contributed by atoms with van der Waals surface area (Å²) < 4.78 is 6.90. The van der Waals surface area contributed by atoms with Gasteiger partial charge in [-0.15, -0.1) is 11.3 Å². The third kappa shape index (κ3) is 4.31. The van der Waals surface area contributed by atoms with Crippen LogP contribution in [0.3, 0.4) is 0 Å². The highest BCUT2D eigenvalue weighted by atomic mass is 32.2. The number of methoxy groups -OCH3 is 1. The van der Waals surface area contributed by atoms with Crippen molar-refractivity contribution in [3.63, 3.8) is 0 Å². The molecule has 0 bridgehead atoms. The molecule has 0 saturated carbocycles. The molecule has 1 atom stereocenters. The Kier molecular flexibility index (Phi) is 6.55. The van der Waals surface area contributed by atoms with E-state index in [1.54, 1.807) is 23.0 Å². The van der Waals surface area contributed by atoms with Gasteiger partial charge in [0.2, 0.25) is 5.91 Å². The number of para-hydroxylation sites is 1. The average molecular weight is 444 g/mol. The molecule has 1 aliphatic carbocycles. The largest absolute Gasteiger partial charge is 0.385 e. The molecule has 2 heterocycles. The smallest absolute Gasteiger partial charge is 0.263 e. The number of ether oxygens (including phenoxy) is 1. The maximum Gasteiger partial charge on any atom is 0.263 e. The van der Waals surface area contributed by atoms with Gasteiger partial charge < -0.3 is 10.1 Å². The summed E-state index contributed by atoms with van der Waals surface area (Å²) >= 11 is 2.96. The molecule has 1 N–H and O–H groups in total. The van der Waals surface area contributed by atoms with Crippen LogP contribution in [0.15, 0.2) is 40.3 Å². The number of carbonyl (C=O) groups excluding carboxylic acids is 1. The van der Waals surface area contributed by atoms with E-state index < -0.39 is 5.25 Å². The molecule has 0 fully saturated rings. The first-order valence-corrected chi connectivity index (χ1v) is 11.8. The van der Waals surface area contributed by atoms with Crippen LogP contribution in [0.1, 0.15) is 30.2 Å². The van der Waals surface area contributed by atoms with Crippen LogP contribution in [-0.2, 0) is 28.9 Å². The molecule has 30 heavy (non-hydrogen) atoms. The number of carbonyl (C=O) groups is 1. The van der Waals surface area contributed by atoms with E-state index in [-0.39, 0.29) is 11.5 Å². The number of thioether (sulfide) groups is 1. The quantitative estimate of drug-likeness (QED) is 0.322. The van der Waals surface area contributed by atoms with Crippen LogP contribution in [0.25, 0.3) is 10.2 Å². The summed E-state index contributed by atoms with van der Waals surface area (Å²) in [5.41, 5.74) is 1.94. The van der Waals surface area contributed by atoms with Crippen molar-refractivity contribution < 1.29 is 9.53 Å². The van der Waals surface area contributed by atoms with E-state index in [9.17, 15) is 9.59 Å². The molecule has 0 aliphatic heterocycles. The van der Waals surface area contributed by atoms with Gasteiger partial charge in [-0.1, -0.05) is 30.0 Å². The molecule has 4 rings (SSSR count). The molecule has 1 amide bonds. The second-order valence-corrected chi connectivity index (χ2v) is 9.74. The van der Waals surface area contributed by atoms with Crippen molar-refractivity contribution >= 4 is 44.9 Å². The number of hydrogen-bond donors (Lipinski definition) is 1. The van der Waals surface area contributed by atoms with Crippen molar-refractivity contribution in [3.8, 4) is 0 Å². The fourth-order valence-electron chi connectivity index (χ4n) is 3.69. The second-order valence-electron chi connectivity index (χ2n) is 7.35. The van der Waals surface area contributed by atoms with Gasteiger partial charge in [0.05, 0.1) is 10.6 Å². The van der Waals surface area contributed by atoms with E-state index in [1.165, 1.54) is 22.2 Å². The third-order valence-electron chi connectivity index (χ3n) is 5.21. The van der Waals surface area contributed by atoms with Gasteiger partial charge in [-0.3, -0.25) is 14.2 Å². The first-order valence-electron chi connectivity index (χ1n) is 10.1. The van der Waals surface area contributed by atoms with Gasteiger partial charge in [0, 0.05) is 30.8 Å². The molecule has 3 aromatic rings. The molecule has 0 spiro atoms. The van der Waals surface area contributed by atoms with Crippen LogP contribution in [-0.4, -0.2) is 34.4 Å². The highest BCUT2D eigenvalue weighted by molar-refractivity contribution is 8.00. The summed E-state index contributed by atoms with van der Waals surface area (Å²) in [6, 6.07) is 9.38. The Hall–Kier alpha value is -2.16. The van der Waals surface area contributed by atoms with E-state index >= 15 is 0 Å². The zero-order chi connectivity index (χ0) is 21.1. The topological polar surface area (TPSA) is 73.2 Å². The lowest BCUT2D eigenvalue weighted by Crippen LogP contribution is -2.27. The Bertz CT molecular complexity index is 1110. The van der Waals surface area contributed by atoms with Crippen LogP contribution in [0.2, 0.25) is 0 Å². The summed E-state index contributed by atoms with van der Waals surface area (Å²) in [4.78, 5) is 33.0. The van der Waals surface area contributed by atoms with E-state index in [4.69, 9.17) is 9.72 Å². The second kappa shape index (κ2) is 9.32. The molecule has 0 unspecified atom stereocenters. The highest BCUT2D eigenvalue weighted by Gasteiger charge is 2.25. The predicted octanol–water partition coefficient (Wildman–Crippen LogP) is 4.10. The lowest BCUT2D eigenvalue weighted by Gasteiger charge is -2.16. The number of nitrogens with zero attached hydrogens (tertiary/aromatic N) is 2. The van der Waals surface area contributed by atoms with Crippen molar-refractivity contribution in [2.24, 2.45) is 0 Å². The molecular formula is C22H25N3O3S2. The maximum atomic E-state index is 13.4. The zero-order valence-corrected chi connectivity index (χ0v) is 18.8. The number of amides is 1. The van der Waals surface area contributed by atoms with E-state index in [2.05, 4.69) is 5.32 Å². The number of fused-ring (bicyclic) bond motifs is 3. The van der Waals surface area contributed by atoms with Gasteiger partial charge in [0.1, 0.15) is 4.83 Å². The van der Waals surface area contributed by atoms with Crippen LogP contribution >= 0.6 is 23.1 Å². The van der Waals surface area contributed by atoms with Crippen molar-refractivity contribution in [3.05, 3.63) is 51.1 Å². The van der Waals surface area contributed by atoms with Crippen molar-refractivity contribution in [2.45, 2.75) is 49.6 Å². The van der Waals surface area contributed by atoms with Crippen molar-refractivity contribution in [2.75, 3.05) is 19.0 Å². The molecule has 158 valence electrons. The Balaban J connectivity index is 1.63. The summed E-state index contributed by atoms with van der Waals surface area (Å²) in [5.74, 6) is -0.113. The zero-order valence-electron chi connectivity index (χ0n) is 17.1. The van der Waals surface area contributed by atoms with E-state index in [0.717, 1.165) is 35.2 Å². The molecule has 6 nitrogen and oxygen atoms in total. The van der Waals surface area contributed by atoms with Gasteiger partial charge in [-0.2, -0.15) is 0 Å². The number of nitrogens with one attached hydrogen (secondary N) is 1. The summed E-state index contributed by atoms with van der Waals surface area (Å²) in [5, 5.41) is 3.90. The molecule has 0 radical (unpaired) electrons. The minimum absolute atomic E-state index is 0.00803. The predicted molar refractivity (Wildman–Crippen MR) is 123 cm³/mol. The van der Waals surface area contributed by atoms with Crippen molar-refractivity contribution in [1.82, 2.24) is 9.55 Å². The van der Waals surface area contributed by atoms with Crippen LogP contribution < -0.4 is 10.9 Å². The summed E-state index contributed by atoms with van der Waals surface area (Å²) in [6.45, 7) is 2.93. The number of rotatable bonds is 8. The number of aromatic nitrogens is 2.